The second kappa shape index (κ2) is 7.38. The first kappa shape index (κ1) is 15.7. The maximum absolute atomic E-state index is 12.3. The molecule has 1 saturated carbocycles. The van der Waals surface area contributed by atoms with E-state index in [2.05, 4.69) is 22.5 Å². The molecule has 0 aromatic heterocycles. The average Bonchev–Trinajstić information content (AvgIpc) is 2.95. The maximum Gasteiger partial charge on any atom is 0.221 e. The van der Waals surface area contributed by atoms with Crippen LogP contribution in [0.3, 0.4) is 0 Å². The van der Waals surface area contributed by atoms with Gasteiger partial charge in [-0.3, -0.25) is 9.69 Å². The van der Waals surface area contributed by atoms with E-state index in [0.717, 1.165) is 39.1 Å². The van der Waals surface area contributed by atoms with Crippen molar-refractivity contribution in [2.24, 2.45) is 0 Å². The molecular weight excluding hydrogens is 254 g/mol. The minimum atomic E-state index is 0.0940. The third-order valence-corrected chi connectivity index (χ3v) is 4.80. The molecule has 1 unspecified atom stereocenters. The van der Waals surface area contributed by atoms with Crippen molar-refractivity contribution < 1.29 is 9.53 Å². The highest BCUT2D eigenvalue weighted by atomic mass is 16.5. The zero-order valence-corrected chi connectivity index (χ0v) is 12.9. The van der Waals surface area contributed by atoms with Gasteiger partial charge >= 0.3 is 0 Å². The fourth-order valence-electron chi connectivity index (χ4n) is 3.41. The highest BCUT2D eigenvalue weighted by molar-refractivity contribution is 5.77. The lowest BCUT2D eigenvalue weighted by Crippen LogP contribution is -2.54. The quantitative estimate of drug-likeness (QED) is 0.755. The summed E-state index contributed by atoms with van der Waals surface area (Å²) in [6, 6.07) is 0.321. The van der Waals surface area contributed by atoms with Crippen LogP contribution in [0.15, 0.2) is 0 Å². The van der Waals surface area contributed by atoms with E-state index in [-0.39, 0.29) is 11.4 Å². The van der Waals surface area contributed by atoms with Gasteiger partial charge in [0, 0.05) is 37.6 Å². The van der Waals surface area contributed by atoms with E-state index in [9.17, 15) is 4.79 Å². The number of carbonyl (C=O) groups excluding carboxylic acids is 1. The summed E-state index contributed by atoms with van der Waals surface area (Å²) in [6.45, 7) is 6.34. The van der Waals surface area contributed by atoms with Crippen LogP contribution in [-0.2, 0) is 9.53 Å². The van der Waals surface area contributed by atoms with E-state index in [1.807, 2.05) is 7.05 Å². The molecule has 5 nitrogen and oxygen atoms in total. The molecule has 1 atom stereocenters. The Kier molecular flexibility index (Phi) is 5.81. The van der Waals surface area contributed by atoms with Crippen molar-refractivity contribution >= 4 is 5.91 Å². The molecular formula is C15H29N3O2. The van der Waals surface area contributed by atoms with Crippen LogP contribution >= 0.6 is 0 Å². The van der Waals surface area contributed by atoms with Crippen molar-refractivity contribution in [2.45, 2.75) is 50.6 Å². The molecule has 1 amide bonds. The topological polar surface area (TPSA) is 53.6 Å². The fourth-order valence-corrected chi connectivity index (χ4v) is 3.41. The SMILES string of the molecule is CNC(C)CNC(=O)CC1(N2CCOCC2)CCCC1. The minimum absolute atomic E-state index is 0.0940. The number of nitrogens with zero attached hydrogens (tertiary/aromatic N) is 1. The number of likely N-dealkylation sites (N-methyl/N-ethyl adjacent to an activating group) is 1. The van der Waals surface area contributed by atoms with Gasteiger partial charge < -0.3 is 15.4 Å². The lowest BCUT2D eigenvalue weighted by molar-refractivity contribution is -0.125. The summed E-state index contributed by atoms with van der Waals surface area (Å²) in [6.07, 6.45) is 5.45. The van der Waals surface area contributed by atoms with E-state index in [1.165, 1.54) is 12.8 Å². The molecule has 1 heterocycles. The average molecular weight is 283 g/mol. The first-order chi connectivity index (χ1) is 9.66. The second-order valence-electron chi connectivity index (χ2n) is 6.20. The summed E-state index contributed by atoms with van der Waals surface area (Å²) in [5.74, 6) is 0.195. The van der Waals surface area contributed by atoms with Crippen LogP contribution in [0.25, 0.3) is 0 Å². The molecule has 0 bridgehead atoms. The van der Waals surface area contributed by atoms with Gasteiger partial charge in [-0.05, 0) is 26.8 Å². The van der Waals surface area contributed by atoms with Crippen molar-refractivity contribution in [3.05, 3.63) is 0 Å². The second-order valence-corrected chi connectivity index (χ2v) is 6.20. The molecule has 1 saturated heterocycles. The van der Waals surface area contributed by atoms with Crippen LogP contribution in [0.5, 0.6) is 0 Å². The Morgan fingerprint density at radius 1 is 1.30 bits per heavy atom. The van der Waals surface area contributed by atoms with Gasteiger partial charge in [-0.2, -0.15) is 0 Å². The van der Waals surface area contributed by atoms with Crippen molar-refractivity contribution in [2.75, 3.05) is 39.9 Å². The van der Waals surface area contributed by atoms with Gasteiger partial charge in [-0.25, -0.2) is 0 Å². The summed E-state index contributed by atoms with van der Waals surface area (Å²) in [4.78, 5) is 14.8. The van der Waals surface area contributed by atoms with Gasteiger partial charge in [0.2, 0.25) is 5.91 Å². The number of morpholine rings is 1. The molecule has 1 aliphatic heterocycles. The number of hydrogen-bond acceptors (Lipinski definition) is 4. The van der Waals surface area contributed by atoms with Crippen LogP contribution < -0.4 is 10.6 Å². The number of hydrogen-bond donors (Lipinski definition) is 2. The summed E-state index contributed by atoms with van der Waals surface area (Å²) in [5.41, 5.74) is 0.0940. The Morgan fingerprint density at radius 3 is 2.55 bits per heavy atom. The standard InChI is InChI=1S/C15H29N3O2/c1-13(16-2)12-17-14(19)11-15(5-3-4-6-15)18-7-9-20-10-8-18/h13,16H,3-12H2,1-2H3,(H,17,19). The number of amides is 1. The predicted molar refractivity (Wildman–Crippen MR) is 79.7 cm³/mol. The fraction of sp³-hybridized carbons (Fsp3) is 0.933. The molecule has 2 aliphatic rings. The monoisotopic (exact) mass is 283 g/mol. The van der Waals surface area contributed by atoms with Gasteiger partial charge in [0.1, 0.15) is 0 Å². The molecule has 1 aliphatic carbocycles. The van der Waals surface area contributed by atoms with Crippen molar-refractivity contribution in [1.29, 1.82) is 0 Å². The van der Waals surface area contributed by atoms with Gasteiger partial charge in [-0.1, -0.05) is 12.8 Å². The van der Waals surface area contributed by atoms with Gasteiger partial charge in [0.25, 0.3) is 0 Å². The van der Waals surface area contributed by atoms with Crippen LogP contribution in [0, 0.1) is 0 Å². The van der Waals surface area contributed by atoms with Crippen molar-refractivity contribution in [1.82, 2.24) is 15.5 Å². The molecule has 0 aromatic carbocycles. The molecule has 20 heavy (non-hydrogen) atoms. The van der Waals surface area contributed by atoms with Crippen LogP contribution in [0.4, 0.5) is 0 Å². The first-order valence-electron chi connectivity index (χ1n) is 7.93. The zero-order valence-electron chi connectivity index (χ0n) is 12.9. The van der Waals surface area contributed by atoms with Crippen LogP contribution in [-0.4, -0.2) is 62.3 Å². The Labute approximate surface area is 122 Å². The molecule has 2 rings (SSSR count). The smallest absolute Gasteiger partial charge is 0.221 e. The summed E-state index contributed by atoms with van der Waals surface area (Å²) in [5, 5.41) is 6.21. The van der Waals surface area contributed by atoms with Crippen molar-refractivity contribution in [3.8, 4) is 0 Å². The number of carbonyl (C=O) groups is 1. The van der Waals surface area contributed by atoms with Gasteiger partial charge in [-0.15, -0.1) is 0 Å². The molecule has 0 radical (unpaired) electrons. The summed E-state index contributed by atoms with van der Waals surface area (Å²) in [7, 11) is 1.92. The molecule has 0 aromatic rings. The molecule has 116 valence electrons. The van der Waals surface area contributed by atoms with E-state index in [0.29, 0.717) is 19.0 Å². The number of nitrogens with one attached hydrogen (secondary N) is 2. The molecule has 0 spiro atoms. The Balaban J connectivity index is 1.89. The van der Waals surface area contributed by atoms with Gasteiger partial charge in [0.05, 0.1) is 13.2 Å². The normalized spacial score (nSPS) is 24.5. The van der Waals surface area contributed by atoms with Crippen LogP contribution in [0.2, 0.25) is 0 Å². The third-order valence-electron chi connectivity index (χ3n) is 4.80. The lowest BCUT2D eigenvalue weighted by atomic mass is 9.90. The molecule has 2 fully saturated rings. The maximum atomic E-state index is 12.3. The zero-order chi connectivity index (χ0) is 14.4. The summed E-state index contributed by atoms with van der Waals surface area (Å²) >= 11 is 0. The van der Waals surface area contributed by atoms with Gasteiger partial charge in [0.15, 0.2) is 0 Å². The number of ether oxygens (including phenoxy) is 1. The summed E-state index contributed by atoms with van der Waals surface area (Å²) < 4.78 is 5.45. The highest BCUT2D eigenvalue weighted by Gasteiger charge is 2.41. The van der Waals surface area contributed by atoms with E-state index in [1.54, 1.807) is 0 Å². The lowest BCUT2D eigenvalue weighted by Gasteiger charge is -2.43. The highest BCUT2D eigenvalue weighted by Crippen LogP contribution is 2.38. The van der Waals surface area contributed by atoms with Crippen LogP contribution in [0.1, 0.15) is 39.0 Å². The Morgan fingerprint density at radius 2 is 1.95 bits per heavy atom. The largest absolute Gasteiger partial charge is 0.379 e. The molecule has 5 heteroatoms. The Hall–Kier alpha value is -0.650. The first-order valence-corrected chi connectivity index (χ1v) is 7.93. The minimum Gasteiger partial charge on any atom is -0.379 e. The predicted octanol–water partition coefficient (Wildman–Crippen LogP) is 0.746. The van der Waals surface area contributed by atoms with E-state index in [4.69, 9.17) is 4.74 Å². The Bertz CT molecular complexity index is 310. The third kappa shape index (κ3) is 3.93. The van der Waals surface area contributed by atoms with Crippen molar-refractivity contribution in [3.63, 3.8) is 0 Å². The van der Waals surface area contributed by atoms with E-state index < -0.39 is 0 Å². The molecule has 2 N–H and O–H groups in total. The number of rotatable bonds is 6. The van der Waals surface area contributed by atoms with E-state index >= 15 is 0 Å².